The van der Waals surface area contributed by atoms with Crippen molar-refractivity contribution < 1.29 is 9.31 Å². The molecule has 27 heavy (non-hydrogen) atoms. The van der Waals surface area contributed by atoms with Gasteiger partial charge in [-0.2, -0.15) is 5.10 Å². The average Bonchev–Trinajstić information content (AvgIpc) is 3.11. The van der Waals surface area contributed by atoms with E-state index in [2.05, 4.69) is 73.6 Å². The molecule has 0 aromatic carbocycles. The van der Waals surface area contributed by atoms with Crippen LogP contribution in [0.5, 0.6) is 0 Å². The zero-order valence-corrected chi connectivity index (χ0v) is 19.1. The summed E-state index contributed by atoms with van der Waals surface area (Å²) in [7, 11) is -0.335. The molecule has 1 fully saturated rings. The summed E-state index contributed by atoms with van der Waals surface area (Å²) in [4.78, 5) is 0. The normalized spacial score (nSPS) is 25.0. The monoisotopic (exact) mass is 376 g/mol. The van der Waals surface area contributed by atoms with E-state index in [1.165, 1.54) is 25.7 Å². The summed E-state index contributed by atoms with van der Waals surface area (Å²) in [5, 5.41) is 4.51. The van der Waals surface area contributed by atoms with Crippen molar-refractivity contribution >= 4 is 12.6 Å². The number of rotatable bonds is 8. The van der Waals surface area contributed by atoms with Crippen molar-refractivity contribution in [3.05, 3.63) is 12.4 Å². The van der Waals surface area contributed by atoms with Gasteiger partial charge in [-0.05, 0) is 66.2 Å². The Morgan fingerprint density at radius 3 is 2.37 bits per heavy atom. The van der Waals surface area contributed by atoms with E-state index in [-0.39, 0.29) is 23.9 Å². The van der Waals surface area contributed by atoms with Crippen LogP contribution < -0.4 is 5.46 Å². The van der Waals surface area contributed by atoms with Crippen LogP contribution in [-0.2, 0) is 14.8 Å². The molecule has 1 aromatic rings. The van der Waals surface area contributed by atoms with Gasteiger partial charge in [0, 0.05) is 17.9 Å². The first kappa shape index (κ1) is 22.5. The molecule has 0 N–H and O–H groups in total. The highest BCUT2D eigenvalue weighted by molar-refractivity contribution is 6.62. The summed E-state index contributed by atoms with van der Waals surface area (Å²) in [5.41, 5.74) is 0.368. The van der Waals surface area contributed by atoms with Gasteiger partial charge in [-0.25, -0.2) is 0 Å². The van der Waals surface area contributed by atoms with Crippen LogP contribution in [0.25, 0.3) is 0 Å². The summed E-state index contributed by atoms with van der Waals surface area (Å²) < 4.78 is 14.8. The second kappa shape index (κ2) is 8.28. The highest BCUT2D eigenvalue weighted by Gasteiger charge is 2.54. The molecule has 0 radical (unpaired) electrons. The molecule has 0 bridgehead atoms. The largest absolute Gasteiger partial charge is 0.498 e. The van der Waals surface area contributed by atoms with Crippen molar-refractivity contribution in [1.29, 1.82) is 0 Å². The second-order valence-corrected chi connectivity index (χ2v) is 10.4. The van der Waals surface area contributed by atoms with Crippen LogP contribution in [-0.4, -0.2) is 28.1 Å². The van der Waals surface area contributed by atoms with Crippen molar-refractivity contribution in [3.8, 4) is 0 Å². The van der Waals surface area contributed by atoms with Crippen molar-refractivity contribution in [1.82, 2.24) is 9.78 Å². The molecular formula is C22H41BN2O2. The molecule has 0 amide bonds. The van der Waals surface area contributed by atoms with E-state index < -0.39 is 0 Å². The molecule has 0 saturated carbocycles. The van der Waals surface area contributed by atoms with E-state index in [9.17, 15) is 0 Å². The van der Waals surface area contributed by atoms with Gasteiger partial charge < -0.3 is 9.31 Å². The van der Waals surface area contributed by atoms with E-state index in [0.29, 0.717) is 0 Å². The summed E-state index contributed by atoms with van der Waals surface area (Å²) in [6.07, 6.45) is 9.99. The average molecular weight is 376 g/mol. The van der Waals surface area contributed by atoms with Gasteiger partial charge in [-0.15, -0.1) is 0 Å². The SMILES string of the molecule is CCC(C)CC(C)CCCC1(C)OB(c2cnn(C(C)(C)C)c2)OC1(C)C. The maximum absolute atomic E-state index is 6.48. The van der Waals surface area contributed by atoms with E-state index in [1.54, 1.807) is 0 Å². The zero-order valence-electron chi connectivity index (χ0n) is 19.1. The topological polar surface area (TPSA) is 36.3 Å². The lowest BCUT2D eigenvalue weighted by atomic mass is 9.81. The number of hydrogen-bond donors (Lipinski definition) is 0. The van der Waals surface area contributed by atoms with Gasteiger partial charge in [0.2, 0.25) is 0 Å². The first-order valence-corrected chi connectivity index (χ1v) is 10.8. The van der Waals surface area contributed by atoms with Crippen molar-refractivity contribution in [2.45, 2.75) is 111 Å². The van der Waals surface area contributed by atoms with Crippen molar-refractivity contribution in [2.75, 3.05) is 0 Å². The number of nitrogens with zero attached hydrogens (tertiary/aromatic N) is 2. The quantitative estimate of drug-likeness (QED) is 0.588. The molecule has 4 nitrogen and oxygen atoms in total. The minimum Gasteiger partial charge on any atom is -0.399 e. The van der Waals surface area contributed by atoms with Gasteiger partial charge in [0.15, 0.2) is 0 Å². The molecular weight excluding hydrogens is 335 g/mol. The predicted molar refractivity (Wildman–Crippen MR) is 114 cm³/mol. The molecule has 0 spiro atoms. The fourth-order valence-electron chi connectivity index (χ4n) is 3.88. The minimum absolute atomic E-state index is 0.0402. The van der Waals surface area contributed by atoms with Gasteiger partial charge >= 0.3 is 7.12 Å². The molecule has 1 aliphatic heterocycles. The Kier molecular flexibility index (Phi) is 6.90. The standard InChI is InChI=1S/C22H41BN2O2/c1-10-17(2)14-18(3)12-11-13-22(9)21(7,8)26-23(27-22)19-15-24-25(16-19)20(4,5)6/h15-18H,10-14H2,1-9H3. The minimum atomic E-state index is -0.335. The summed E-state index contributed by atoms with van der Waals surface area (Å²) in [5.74, 6) is 1.59. The second-order valence-electron chi connectivity index (χ2n) is 10.4. The van der Waals surface area contributed by atoms with E-state index >= 15 is 0 Å². The third-order valence-corrected chi connectivity index (χ3v) is 6.46. The highest BCUT2D eigenvalue weighted by Crippen LogP contribution is 2.41. The molecule has 2 heterocycles. The highest BCUT2D eigenvalue weighted by atomic mass is 16.7. The van der Waals surface area contributed by atoms with Crippen LogP contribution >= 0.6 is 0 Å². The Balaban J connectivity index is 1.97. The van der Waals surface area contributed by atoms with E-state index in [0.717, 1.165) is 23.7 Å². The van der Waals surface area contributed by atoms with Gasteiger partial charge in [-0.3, -0.25) is 4.68 Å². The fraction of sp³-hybridized carbons (Fsp3) is 0.864. The van der Waals surface area contributed by atoms with Crippen molar-refractivity contribution in [3.63, 3.8) is 0 Å². The lowest BCUT2D eigenvalue weighted by molar-refractivity contribution is -0.0178. The molecule has 3 atom stereocenters. The van der Waals surface area contributed by atoms with Gasteiger partial charge in [0.25, 0.3) is 0 Å². The van der Waals surface area contributed by atoms with Crippen LogP contribution in [0, 0.1) is 11.8 Å². The Hall–Kier alpha value is -0.805. The lowest BCUT2D eigenvalue weighted by Gasteiger charge is -2.36. The fourth-order valence-corrected chi connectivity index (χ4v) is 3.88. The van der Waals surface area contributed by atoms with Crippen LogP contribution in [0.3, 0.4) is 0 Å². The zero-order chi connectivity index (χ0) is 20.5. The summed E-state index contributed by atoms with van der Waals surface area (Å²) in [6.45, 7) is 20.0. The van der Waals surface area contributed by atoms with Gasteiger partial charge in [-0.1, -0.05) is 40.0 Å². The molecule has 154 valence electrons. The van der Waals surface area contributed by atoms with Gasteiger partial charge in [0.05, 0.1) is 16.7 Å². The molecule has 1 aliphatic rings. The lowest BCUT2D eigenvalue weighted by Crippen LogP contribution is -2.44. The van der Waals surface area contributed by atoms with Crippen LogP contribution in [0.4, 0.5) is 0 Å². The van der Waals surface area contributed by atoms with E-state index in [1.807, 2.05) is 10.9 Å². The Morgan fingerprint density at radius 1 is 1.15 bits per heavy atom. The Morgan fingerprint density at radius 2 is 1.81 bits per heavy atom. The summed E-state index contributed by atoms with van der Waals surface area (Å²) in [6, 6.07) is 0. The molecule has 1 aromatic heterocycles. The Bertz CT molecular complexity index is 608. The van der Waals surface area contributed by atoms with E-state index in [4.69, 9.17) is 9.31 Å². The maximum atomic E-state index is 6.48. The molecule has 1 saturated heterocycles. The number of aromatic nitrogens is 2. The first-order chi connectivity index (χ1) is 12.4. The van der Waals surface area contributed by atoms with Crippen LogP contribution in [0.15, 0.2) is 12.4 Å². The van der Waals surface area contributed by atoms with Crippen LogP contribution in [0.2, 0.25) is 0 Å². The maximum Gasteiger partial charge on any atom is 0.498 e. The molecule has 0 aliphatic carbocycles. The predicted octanol–water partition coefficient (Wildman–Crippen LogP) is 5.16. The molecule has 5 heteroatoms. The smallest absolute Gasteiger partial charge is 0.399 e. The van der Waals surface area contributed by atoms with Gasteiger partial charge in [0.1, 0.15) is 0 Å². The summed E-state index contributed by atoms with van der Waals surface area (Å²) >= 11 is 0. The molecule has 3 unspecified atom stereocenters. The third-order valence-electron chi connectivity index (χ3n) is 6.46. The number of hydrogen-bond acceptors (Lipinski definition) is 3. The Labute approximate surface area is 167 Å². The third kappa shape index (κ3) is 5.38. The van der Waals surface area contributed by atoms with Crippen LogP contribution in [0.1, 0.15) is 94.4 Å². The van der Waals surface area contributed by atoms with Crippen molar-refractivity contribution in [2.24, 2.45) is 11.8 Å². The molecule has 2 rings (SSSR count). The first-order valence-electron chi connectivity index (χ1n) is 10.8.